The van der Waals surface area contributed by atoms with Crippen LogP contribution < -0.4 is 15.8 Å². The lowest BCUT2D eigenvalue weighted by atomic mass is 10.2. The number of hydrogen-bond donors (Lipinski definition) is 3. The predicted octanol–water partition coefficient (Wildman–Crippen LogP) is -0.468. The molecule has 0 aromatic carbocycles. The summed E-state index contributed by atoms with van der Waals surface area (Å²) in [7, 11) is -1.81. The van der Waals surface area contributed by atoms with Gasteiger partial charge < -0.3 is 10.6 Å². The molecular weight excluding hydrogens is 256 g/mol. The van der Waals surface area contributed by atoms with E-state index in [1.54, 1.807) is 25.4 Å². The Labute approximate surface area is 106 Å². The fraction of sp³-hybridized carbons (Fsp3) is 0.400. The van der Waals surface area contributed by atoms with E-state index in [4.69, 9.17) is 5.14 Å². The number of nitrogens with two attached hydrogens (primary N) is 1. The molecular formula is C10H16N4O3S. The Kier molecular flexibility index (Phi) is 5.05. The minimum Gasteiger partial charge on any atom is -0.372 e. The van der Waals surface area contributed by atoms with Crippen molar-refractivity contribution in [1.29, 1.82) is 0 Å². The maximum Gasteiger partial charge on any atom is 0.255 e. The molecule has 0 aliphatic rings. The van der Waals surface area contributed by atoms with E-state index < -0.39 is 10.0 Å². The topological polar surface area (TPSA) is 114 Å². The van der Waals surface area contributed by atoms with Crippen molar-refractivity contribution in [2.24, 2.45) is 5.14 Å². The first-order valence-corrected chi connectivity index (χ1v) is 7.07. The third kappa shape index (κ3) is 4.68. The monoisotopic (exact) mass is 272 g/mol. The average molecular weight is 272 g/mol. The second kappa shape index (κ2) is 6.31. The molecule has 1 amide bonds. The molecule has 0 saturated heterocycles. The molecule has 0 radical (unpaired) electrons. The van der Waals surface area contributed by atoms with E-state index >= 15 is 0 Å². The van der Waals surface area contributed by atoms with Crippen molar-refractivity contribution in [3.63, 3.8) is 0 Å². The molecule has 100 valence electrons. The van der Waals surface area contributed by atoms with E-state index in [9.17, 15) is 13.2 Å². The third-order valence-electron chi connectivity index (χ3n) is 2.18. The first-order valence-electron chi connectivity index (χ1n) is 5.35. The lowest BCUT2D eigenvalue weighted by Crippen LogP contribution is -2.28. The zero-order chi connectivity index (χ0) is 13.6. The van der Waals surface area contributed by atoms with Crippen LogP contribution in [0.2, 0.25) is 0 Å². The standard InChI is InChI=1S/C10H16N4O3S/c1-12-9-8(4-2-5-13-9)10(15)14-6-3-7-18(11,16)17/h2,4-5H,3,6-7H2,1H3,(H,12,13)(H,14,15)(H2,11,16,17). The summed E-state index contributed by atoms with van der Waals surface area (Å²) in [6.45, 7) is 0.243. The van der Waals surface area contributed by atoms with Gasteiger partial charge in [0, 0.05) is 19.8 Å². The lowest BCUT2D eigenvalue weighted by molar-refractivity contribution is 0.0954. The largest absolute Gasteiger partial charge is 0.372 e. The van der Waals surface area contributed by atoms with Crippen LogP contribution in [0.5, 0.6) is 0 Å². The van der Waals surface area contributed by atoms with Gasteiger partial charge in [0.1, 0.15) is 5.82 Å². The Morgan fingerprint density at radius 1 is 1.50 bits per heavy atom. The van der Waals surface area contributed by atoms with E-state index in [-0.39, 0.29) is 24.6 Å². The highest BCUT2D eigenvalue weighted by Crippen LogP contribution is 2.09. The number of carbonyl (C=O) groups is 1. The summed E-state index contributed by atoms with van der Waals surface area (Å²) in [6, 6.07) is 3.29. The normalized spacial score (nSPS) is 11.0. The number of primary sulfonamides is 1. The van der Waals surface area contributed by atoms with Gasteiger partial charge >= 0.3 is 0 Å². The summed E-state index contributed by atoms with van der Waals surface area (Å²) >= 11 is 0. The molecule has 0 aliphatic heterocycles. The SMILES string of the molecule is CNc1ncccc1C(=O)NCCCS(N)(=O)=O. The van der Waals surface area contributed by atoms with Crippen LogP contribution in [0.25, 0.3) is 0 Å². The predicted molar refractivity (Wildman–Crippen MR) is 68.7 cm³/mol. The summed E-state index contributed by atoms with van der Waals surface area (Å²) in [5.41, 5.74) is 0.413. The molecule has 1 aromatic rings. The fourth-order valence-corrected chi connectivity index (χ4v) is 1.90. The fourth-order valence-electron chi connectivity index (χ4n) is 1.36. The molecule has 0 spiro atoms. The van der Waals surface area contributed by atoms with Gasteiger partial charge in [-0.3, -0.25) is 4.79 Å². The van der Waals surface area contributed by atoms with Crippen molar-refractivity contribution in [2.75, 3.05) is 24.7 Å². The van der Waals surface area contributed by atoms with Crippen LogP contribution in [-0.2, 0) is 10.0 Å². The van der Waals surface area contributed by atoms with E-state index in [1.807, 2.05) is 0 Å². The minimum atomic E-state index is -3.48. The molecule has 1 heterocycles. The number of carbonyl (C=O) groups excluding carboxylic acids is 1. The second-order valence-electron chi connectivity index (χ2n) is 3.63. The quantitative estimate of drug-likeness (QED) is 0.606. The van der Waals surface area contributed by atoms with Gasteiger partial charge in [-0.1, -0.05) is 0 Å². The van der Waals surface area contributed by atoms with Crippen LogP contribution in [0, 0.1) is 0 Å². The van der Waals surface area contributed by atoms with Crippen LogP contribution in [0.3, 0.4) is 0 Å². The lowest BCUT2D eigenvalue weighted by Gasteiger charge is -2.08. The van der Waals surface area contributed by atoms with Crippen LogP contribution >= 0.6 is 0 Å². The van der Waals surface area contributed by atoms with Crippen LogP contribution in [0.1, 0.15) is 16.8 Å². The summed E-state index contributed by atoms with van der Waals surface area (Å²) in [5.74, 6) is 0.0162. The van der Waals surface area contributed by atoms with E-state index in [0.29, 0.717) is 11.4 Å². The van der Waals surface area contributed by atoms with E-state index in [1.165, 1.54) is 0 Å². The smallest absolute Gasteiger partial charge is 0.255 e. The number of pyridine rings is 1. The first-order chi connectivity index (χ1) is 8.44. The molecule has 1 rings (SSSR count). The number of sulfonamides is 1. The molecule has 0 aliphatic carbocycles. The molecule has 0 fully saturated rings. The van der Waals surface area contributed by atoms with Crippen LogP contribution in [-0.4, -0.2) is 38.7 Å². The van der Waals surface area contributed by atoms with Crippen LogP contribution in [0.15, 0.2) is 18.3 Å². The number of anilines is 1. The van der Waals surface area contributed by atoms with E-state index in [2.05, 4.69) is 15.6 Å². The van der Waals surface area contributed by atoms with Gasteiger partial charge in [0.05, 0.1) is 11.3 Å². The Morgan fingerprint density at radius 2 is 2.22 bits per heavy atom. The van der Waals surface area contributed by atoms with Crippen molar-refractivity contribution < 1.29 is 13.2 Å². The molecule has 18 heavy (non-hydrogen) atoms. The Morgan fingerprint density at radius 3 is 2.83 bits per heavy atom. The molecule has 8 heteroatoms. The number of nitrogens with one attached hydrogen (secondary N) is 2. The van der Waals surface area contributed by atoms with Gasteiger partial charge in [-0.25, -0.2) is 18.5 Å². The van der Waals surface area contributed by atoms with Gasteiger partial charge in [-0.2, -0.15) is 0 Å². The highest BCUT2D eigenvalue weighted by molar-refractivity contribution is 7.89. The first kappa shape index (κ1) is 14.4. The van der Waals surface area contributed by atoms with Gasteiger partial charge in [-0.05, 0) is 18.6 Å². The summed E-state index contributed by atoms with van der Waals surface area (Å²) < 4.78 is 21.4. The van der Waals surface area contributed by atoms with Crippen molar-refractivity contribution in [2.45, 2.75) is 6.42 Å². The summed E-state index contributed by atoms with van der Waals surface area (Å²) in [4.78, 5) is 15.8. The minimum absolute atomic E-state index is 0.154. The summed E-state index contributed by atoms with van der Waals surface area (Å²) in [6.07, 6.45) is 1.85. The second-order valence-corrected chi connectivity index (χ2v) is 5.36. The maximum atomic E-state index is 11.8. The zero-order valence-electron chi connectivity index (χ0n) is 10.0. The van der Waals surface area contributed by atoms with Crippen LogP contribution in [0.4, 0.5) is 5.82 Å². The molecule has 0 atom stereocenters. The average Bonchev–Trinajstić information content (AvgIpc) is 2.33. The van der Waals surface area contributed by atoms with Crippen molar-refractivity contribution in [1.82, 2.24) is 10.3 Å². The molecule has 0 saturated carbocycles. The number of amides is 1. The molecule has 4 N–H and O–H groups in total. The Hall–Kier alpha value is -1.67. The molecule has 0 bridgehead atoms. The van der Waals surface area contributed by atoms with Gasteiger partial charge in [0.15, 0.2) is 0 Å². The number of hydrogen-bond acceptors (Lipinski definition) is 5. The van der Waals surface area contributed by atoms with Gasteiger partial charge in [-0.15, -0.1) is 0 Å². The zero-order valence-corrected chi connectivity index (χ0v) is 10.8. The van der Waals surface area contributed by atoms with Crippen molar-refractivity contribution in [3.05, 3.63) is 23.9 Å². The Balaban J connectivity index is 2.51. The third-order valence-corrected chi connectivity index (χ3v) is 3.04. The molecule has 1 aromatic heterocycles. The summed E-state index contributed by atoms with van der Waals surface area (Å²) in [5, 5.41) is 10.3. The van der Waals surface area contributed by atoms with Crippen molar-refractivity contribution >= 4 is 21.7 Å². The maximum absolute atomic E-state index is 11.8. The highest BCUT2D eigenvalue weighted by Gasteiger charge is 2.10. The Bertz CT molecular complexity index is 516. The van der Waals surface area contributed by atoms with E-state index in [0.717, 1.165) is 0 Å². The van der Waals surface area contributed by atoms with Crippen molar-refractivity contribution in [3.8, 4) is 0 Å². The van der Waals surface area contributed by atoms with Gasteiger partial charge in [0.25, 0.3) is 5.91 Å². The number of nitrogens with zero attached hydrogens (tertiary/aromatic N) is 1. The van der Waals surface area contributed by atoms with Gasteiger partial charge in [0.2, 0.25) is 10.0 Å². The molecule has 7 nitrogen and oxygen atoms in total. The molecule has 0 unspecified atom stereocenters. The highest BCUT2D eigenvalue weighted by atomic mass is 32.2. The number of aromatic nitrogens is 1. The number of rotatable bonds is 6.